The number of aromatic nitrogens is 1. The zero-order chi connectivity index (χ0) is 14.5. The van der Waals surface area contributed by atoms with Crippen LogP contribution in [0.3, 0.4) is 0 Å². The molecule has 0 aliphatic rings. The van der Waals surface area contributed by atoms with Crippen LogP contribution in [0.2, 0.25) is 5.02 Å². The van der Waals surface area contributed by atoms with Crippen molar-refractivity contribution in [1.82, 2.24) is 4.98 Å². The zero-order valence-electron chi connectivity index (χ0n) is 10.3. The first-order valence-corrected chi connectivity index (χ1v) is 7.77. The monoisotopic (exact) mass is 371 g/mol. The van der Waals surface area contributed by atoms with E-state index < -0.39 is 0 Å². The number of rotatable bonds is 4. The third-order valence-corrected chi connectivity index (χ3v) is 4.85. The van der Waals surface area contributed by atoms with Gasteiger partial charge in [0.05, 0.1) is 0 Å². The predicted octanol–water partition coefficient (Wildman–Crippen LogP) is 3.88. The zero-order valence-corrected chi connectivity index (χ0v) is 13.4. The lowest BCUT2D eigenvalue weighted by atomic mass is 10.1. The predicted molar refractivity (Wildman–Crippen MR) is 85.5 cm³/mol. The quantitative estimate of drug-likeness (QED) is 0.281. The van der Waals surface area contributed by atoms with Crippen molar-refractivity contribution in [2.75, 3.05) is 0 Å². The molecule has 1 aromatic heterocycles. The molecule has 0 saturated heterocycles. The molecule has 0 aliphatic carbocycles. The SMILES string of the molecule is N/C(=N/O)c1ccc(CSc2ncccc2Br)c(Cl)c1. The van der Waals surface area contributed by atoms with Crippen molar-refractivity contribution in [3.05, 3.63) is 57.2 Å². The molecule has 3 N–H and O–H groups in total. The first-order valence-electron chi connectivity index (χ1n) is 5.61. The van der Waals surface area contributed by atoms with Crippen molar-refractivity contribution in [2.24, 2.45) is 10.9 Å². The number of amidine groups is 1. The molecule has 104 valence electrons. The van der Waals surface area contributed by atoms with Gasteiger partial charge in [-0.05, 0) is 39.7 Å². The summed E-state index contributed by atoms with van der Waals surface area (Å²) in [5.74, 6) is 0.726. The number of halogens is 2. The van der Waals surface area contributed by atoms with Gasteiger partial charge in [0.25, 0.3) is 0 Å². The maximum Gasteiger partial charge on any atom is 0.170 e. The maximum absolute atomic E-state index is 8.63. The normalized spacial score (nSPS) is 11.6. The van der Waals surface area contributed by atoms with Gasteiger partial charge in [-0.2, -0.15) is 0 Å². The molecule has 2 rings (SSSR count). The summed E-state index contributed by atoms with van der Waals surface area (Å²) >= 11 is 11.2. The Morgan fingerprint density at radius 2 is 2.25 bits per heavy atom. The van der Waals surface area contributed by atoms with E-state index in [1.807, 2.05) is 18.2 Å². The number of hydrogen-bond acceptors (Lipinski definition) is 4. The Morgan fingerprint density at radius 3 is 2.90 bits per heavy atom. The molecule has 0 bridgehead atoms. The fourth-order valence-corrected chi connectivity index (χ4v) is 3.32. The number of thioether (sulfide) groups is 1. The second-order valence-electron chi connectivity index (χ2n) is 3.87. The van der Waals surface area contributed by atoms with Gasteiger partial charge >= 0.3 is 0 Å². The first kappa shape index (κ1) is 15.2. The van der Waals surface area contributed by atoms with Crippen molar-refractivity contribution in [3.63, 3.8) is 0 Å². The number of benzene rings is 1. The van der Waals surface area contributed by atoms with Crippen LogP contribution in [-0.2, 0) is 5.75 Å². The number of nitrogens with zero attached hydrogens (tertiary/aromatic N) is 2. The standard InChI is InChI=1S/C13H11BrClN3OS/c14-10-2-1-5-17-13(10)20-7-9-4-3-8(6-11(9)15)12(16)18-19/h1-6,19H,7H2,(H2,16,18). The van der Waals surface area contributed by atoms with Crippen LogP contribution in [0.4, 0.5) is 0 Å². The molecule has 0 saturated carbocycles. The van der Waals surface area contributed by atoms with Crippen LogP contribution in [0.25, 0.3) is 0 Å². The highest BCUT2D eigenvalue weighted by Gasteiger charge is 2.07. The van der Waals surface area contributed by atoms with Gasteiger partial charge < -0.3 is 10.9 Å². The lowest BCUT2D eigenvalue weighted by Gasteiger charge is -2.07. The van der Waals surface area contributed by atoms with Gasteiger partial charge in [0.1, 0.15) is 5.03 Å². The summed E-state index contributed by atoms with van der Waals surface area (Å²) in [4.78, 5) is 4.28. The summed E-state index contributed by atoms with van der Waals surface area (Å²) in [6.07, 6.45) is 1.75. The summed E-state index contributed by atoms with van der Waals surface area (Å²) in [5, 5.41) is 13.1. The Balaban J connectivity index is 2.13. The smallest absolute Gasteiger partial charge is 0.170 e. The van der Waals surface area contributed by atoms with Crippen molar-refractivity contribution < 1.29 is 5.21 Å². The summed E-state index contributed by atoms with van der Waals surface area (Å²) in [6, 6.07) is 9.12. The highest BCUT2D eigenvalue weighted by atomic mass is 79.9. The molecule has 0 amide bonds. The van der Waals surface area contributed by atoms with Gasteiger partial charge in [-0.15, -0.1) is 11.8 Å². The Labute approximate surface area is 134 Å². The molecule has 1 heterocycles. The minimum absolute atomic E-state index is 0.0403. The summed E-state index contributed by atoms with van der Waals surface area (Å²) in [5.41, 5.74) is 7.07. The van der Waals surface area contributed by atoms with Crippen LogP contribution >= 0.6 is 39.3 Å². The Hall–Kier alpha value is -1.24. The van der Waals surface area contributed by atoms with Crippen LogP contribution in [-0.4, -0.2) is 16.0 Å². The topological polar surface area (TPSA) is 71.5 Å². The van der Waals surface area contributed by atoms with Gasteiger partial charge in [0, 0.05) is 27.0 Å². The van der Waals surface area contributed by atoms with E-state index in [1.165, 1.54) is 0 Å². The number of nitrogens with two attached hydrogens (primary N) is 1. The first-order chi connectivity index (χ1) is 9.61. The van der Waals surface area contributed by atoms with Crippen LogP contribution < -0.4 is 5.73 Å². The fourth-order valence-electron chi connectivity index (χ4n) is 1.50. The van der Waals surface area contributed by atoms with Crippen molar-refractivity contribution in [2.45, 2.75) is 10.8 Å². The molecule has 0 spiro atoms. The van der Waals surface area contributed by atoms with Crippen molar-refractivity contribution in [3.8, 4) is 0 Å². The molecule has 4 nitrogen and oxygen atoms in total. The van der Waals surface area contributed by atoms with Gasteiger partial charge in [-0.1, -0.05) is 28.9 Å². The maximum atomic E-state index is 8.63. The lowest BCUT2D eigenvalue weighted by molar-refractivity contribution is 0.318. The summed E-state index contributed by atoms with van der Waals surface area (Å²) in [6.45, 7) is 0. The van der Waals surface area contributed by atoms with E-state index in [0.717, 1.165) is 15.1 Å². The molecule has 0 radical (unpaired) electrons. The number of pyridine rings is 1. The van der Waals surface area contributed by atoms with Crippen LogP contribution in [0, 0.1) is 0 Å². The minimum Gasteiger partial charge on any atom is -0.409 e. The number of hydrogen-bond donors (Lipinski definition) is 2. The molecule has 1 aromatic carbocycles. The lowest BCUT2D eigenvalue weighted by Crippen LogP contribution is -2.12. The minimum atomic E-state index is 0.0403. The van der Waals surface area contributed by atoms with E-state index in [9.17, 15) is 0 Å². The Morgan fingerprint density at radius 1 is 1.45 bits per heavy atom. The van der Waals surface area contributed by atoms with Crippen LogP contribution in [0.5, 0.6) is 0 Å². The largest absolute Gasteiger partial charge is 0.409 e. The van der Waals surface area contributed by atoms with Crippen molar-refractivity contribution in [1.29, 1.82) is 0 Å². The molecular formula is C13H11BrClN3OS. The van der Waals surface area contributed by atoms with E-state index in [1.54, 1.807) is 30.1 Å². The highest BCUT2D eigenvalue weighted by molar-refractivity contribution is 9.10. The molecule has 20 heavy (non-hydrogen) atoms. The van der Waals surface area contributed by atoms with Crippen LogP contribution in [0.1, 0.15) is 11.1 Å². The Kier molecular flexibility index (Phi) is 5.28. The van der Waals surface area contributed by atoms with E-state index in [2.05, 4.69) is 26.1 Å². The van der Waals surface area contributed by atoms with Gasteiger partial charge in [0.15, 0.2) is 5.84 Å². The second kappa shape index (κ2) is 6.97. The number of oxime groups is 1. The summed E-state index contributed by atoms with van der Waals surface area (Å²) < 4.78 is 0.953. The molecule has 0 fully saturated rings. The van der Waals surface area contributed by atoms with Crippen LogP contribution in [0.15, 0.2) is 51.2 Å². The van der Waals surface area contributed by atoms with E-state index in [0.29, 0.717) is 16.3 Å². The van der Waals surface area contributed by atoms with E-state index in [4.69, 9.17) is 22.5 Å². The van der Waals surface area contributed by atoms with Gasteiger partial charge in [-0.3, -0.25) is 0 Å². The van der Waals surface area contributed by atoms with E-state index >= 15 is 0 Å². The van der Waals surface area contributed by atoms with Gasteiger partial charge in [-0.25, -0.2) is 4.98 Å². The Bertz CT molecular complexity index is 651. The average Bonchev–Trinajstić information content (AvgIpc) is 2.46. The molecule has 7 heteroatoms. The fraction of sp³-hybridized carbons (Fsp3) is 0.0769. The molecular weight excluding hydrogens is 362 g/mol. The van der Waals surface area contributed by atoms with E-state index in [-0.39, 0.29) is 5.84 Å². The third-order valence-electron chi connectivity index (χ3n) is 2.55. The van der Waals surface area contributed by atoms with Crippen molar-refractivity contribution >= 4 is 45.1 Å². The second-order valence-corrected chi connectivity index (χ2v) is 6.10. The summed E-state index contributed by atoms with van der Waals surface area (Å²) in [7, 11) is 0. The molecule has 0 atom stereocenters. The highest BCUT2D eigenvalue weighted by Crippen LogP contribution is 2.30. The average molecular weight is 373 g/mol. The molecule has 2 aromatic rings. The van der Waals surface area contributed by atoms with Gasteiger partial charge in [0.2, 0.25) is 0 Å². The third kappa shape index (κ3) is 3.65. The molecule has 0 unspecified atom stereocenters. The molecule has 0 aliphatic heterocycles.